The van der Waals surface area contributed by atoms with Gasteiger partial charge in [-0.05, 0) is 30.9 Å². The number of aryl methyl sites for hydroxylation is 2. The first-order chi connectivity index (χ1) is 6.19. The molecule has 0 aliphatic carbocycles. The Bertz CT molecular complexity index is 309. The summed E-state index contributed by atoms with van der Waals surface area (Å²) in [6, 6.07) is 0. The van der Waals surface area contributed by atoms with Crippen LogP contribution in [0, 0.1) is 0 Å². The van der Waals surface area contributed by atoms with E-state index < -0.39 is 0 Å². The lowest BCUT2D eigenvalue weighted by molar-refractivity contribution is 0.108. The number of nitrogens with zero attached hydrogens (tertiary/aromatic N) is 1. The third-order valence-corrected chi connectivity index (χ3v) is 3.18. The van der Waals surface area contributed by atoms with Crippen molar-refractivity contribution in [2.45, 2.75) is 33.1 Å². The van der Waals surface area contributed by atoms with E-state index in [0.29, 0.717) is 4.88 Å². The van der Waals surface area contributed by atoms with Crippen molar-refractivity contribution >= 4 is 28.2 Å². The molecule has 0 saturated heterocycles. The summed E-state index contributed by atoms with van der Waals surface area (Å²) < 4.78 is 0. The molecule has 1 aromatic rings. The van der Waals surface area contributed by atoms with Crippen molar-refractivity contribution in [2.75, 3.05) is 0 Å². The van der Waals surface area contributed by atoms with E-state index in [9.17, 15) is 4.79 Å². The van der Waals surface area contributed by atoms with Crippen LogP contribution < -0.4 is 0 Å². The van der Waals surface area contributed by atoms with Crippen LogP contribution in [0.25, 0.3) is 0 Å². The molecular formula is C9H12ClNOS. The molecule has 0 fully saturated rings. The first kappa shape index (κ1) is 10.7. The molecule has 0 saturated carbocycles. The smallest absolute Gasteiger partial charge is 0.264 e. The van der Waals surface area contributed by atoms with Gasteiger partial charge in [-0.15, -0.1) is 11.3 Å². The summed E-state index contributed by atoms with van der Waals surface area (Å²) in [7, 11) is 0. The zero-order valence-electron chi connectivity index (χ0n) is 7.76. The third-order valence-electron chi connectivity index (χ3n) is 1.72. The average Bonchev–Trinajstić information content (AvgIpc) is 2.48. The summed E-state index contributed by atoms with van der Waals surface area (Å²) >= 11 is 6.86. The summed E-state index contributed by atoms with van der Waals surface area (Å²) in [4.78, 5) is 15.9. The molecule has 1 rings (SSSR count). The van der Waals surface area contributed by atoms with Crippen LogP contribution in [-0.4, -0.2) is 10.2 Å². The molecular weight excluding hydrogens is 206 g/mol. The first-order valence-electron chi connectivity index (χ1n) is 4.37. The topological polar surface area (TPSA) is 30.0 Å². The Labute approximate surface area is 86.9 Å². The molecule has 2 nitrogen and oxygen atoms in total. The Hall–Kier alpha value is -0.410. The van der Waals surface area contributed by atoms with Crippen molar-refractivity contribution in [3.63, 3.8) is 0 Å². The SMILES string of the molecule is CCCc1nc(CC)c(C(=O)Cl)s1. The van der Waals surface area contributed by atoms with E-state index in [0.717, 1.165) is 30.0 Å². The van der Waals surface area contributed by atoms with Gasteiger partial charge in [-0.1, -0.05) is 13.8 Å². The van der Waals surface area contributed by atoms with Crippen molar-refractivity contribution in [3.8, 4) is 0 Å². The molecule has 0 radical (unpaired) electrons. The lowest BCUT2D eigenvalue weighted by atomic mass is 10.3. The number of aromatic nitrogens is 1. The minimum absolute atomic E-state index is 0.378. The van der Waals surface area contributed by atoms with E-state index in [1.165, 1.54) is 11.3 Å². The second kappa shape index (κ2) is 4.72. The van der Waals surface area contributed by atoms with Crippen LogP contribution in [-0.2, 0) is 12.8 Å². The predicted octanol–water partition coefficient (Wildman–Crippen LogP) is 3.04. The molecule has 0 aliphatic rings. The highest BCUT2D eigenvalue weighted by atomic mass is 35.5. The number of thiazole rings is 1. The van der Waals surface area contributed by atoms with Crippen LogP contribution in [0.15, 0.2) is 0 Å². The maximum absolute atomic E-state index is 11.0. The van der Waals surface area contributed by atoms with E-state index in [2.05, 4.69) is 11.9 Å². The lowest BCUT2D eigenvalue weighted by Crippen LogP contribution is -1.91. The maximum Gasteiger partial charge on any atom is 0.264 e. The molecule has 1 aromatic heterocycles. The Balaban J connectivity index is 2.97. The largest absolute Gasteiger partial charge is 0.275 e. The van der Waals surface area contributed by atoms with Gasteiger partial charge in [-0.2, -0.15) is 0 Å². The Morgan fingerprint density at radius 2 is 2.23 bits per heavy atom. The van der Waals surface area contributed by atoms with E-state index in [4.69, 9.17) is 11.6 Å². The van der Waals surface area contributed by atoms with Gasteiger partial charge in [0.1, 0.15) is 4.88 Å². The van der Waals surface area contributed by atoms with Gasteiger partial charge in [0.2, 0.25) is 0 Å². The minimum atomic E-state index is -0.378. The van der Waals surface area contributed by atoms with Crippen molar-refractivity contribution in [2.24, 2.45) is 0 Å². The highest BCUT2D eigenvalue weighted by Gasteiger charge is 2.14. The number of halogens is 1. The lowest BCUT2D eigenvalue weighted by Gasteiger charge is -1.89. The quantitative estimate of drug-likeness (QED) is 0.726. The zero-order valence-corrected chi connectivity index (χ0v) is 9.34. The van der Waals surface area contributed by atoms with E-state index in [1.807, 2.05) is 6.92 Å². The van der Waals surface area contributed by atoms with Crippen LogP contribution in [0.2, 0.25) is 0 Å². The number of carbonyl (C=O) groups is 1. The number of hydrogen-bond acceptors (Lipinski definition) is 3. The molecule has 13 heavy (non-hydrogen) atoms. The monoisotopic (exact) mass is 217 g/mol. The maximum atomic E-state index is 11.0. The van der Waals surface area contributed by atoms with Crippen LogP contribution in [0.4, 0.5) is 0 Å². The van der Waals surface area contributed by atoms with Gasteiger partial charge in [0.25, 0.3) is 5.24 Å². The third kappa shape index (κ3) is 2.51. The normalized spacial score (nSPS) is 10.4. The molecule has 0 unspecified atom stereocenters. The number of carbonyl (C=O) groups excluding carboxylic acids is 1. The van der Waals surface area contributed by atoms with E-state index in [-0.39, 0.29) is 5.24 Å². The molecule has 72 valence electrons. The number of rotatable bonds is 4. The second-order valence-electron chi connectivity index (χ2n) is 2.76. The van der Waals surface area contributed by atoms with E-state index >= 15 is 0 Å². The Kier molecular flexibility index (Phi) is 3.88. The molecule has 0 aliphatic heterocycles. The fourth-order valence-corrected chi connectivity index (χ4v) is 2.43. The van der Waals surface area contributed by atoms with Crippen molar-refractivity contribution in [3.05, 3.63) is 15.6 Å². The highest BCUT2D eigenvalue weighted by molar-refractivity contribution is 7.15. The van der Waals surface area contributed by atoms with Gasteiger partial charge in [0, 0.05) is 0 Å². The van der Waals surface area contributed by atoms with Crippen LogP contribution >= 0.6 is 22.9 Å². The molecule has 0 atom stereocenters. The molecule has 0 aromatic carbocycles. The van der Waals surface area contributed by atoms with Gasteiger partial charge < -0.3 is 0 Å². The summed E-state index contributed by atoms with van der Waals surface area (Å²) in [5.74, 6) is 0. The molecule has 4 heteroatoms. The van der Waals surface area contributed by atoms with E-state index in [1.54, 1.807) is 0 Å². The fourth-order valence-electron chi connectivity index (χ4n) is 1.11. The average molecular weight is 218 g/mol. The highest BCUT2D eigenvalue weighted by Crippen LogP contribution is 2.22. The molecule has 0 N–H and O–H groups in total. The minimum Gasteiger partial charge on any atom is -0.275 e. The van der Waals surface area contributed by atoms with Crippen LogP contribution in [0.5, 0.6) is 0 Å². The molecule has 1 heterocycles. The standard InChI is InChI=1S/C9H12ClNOS/c1-3-5-7-11-6(4-2)8(13-7)9(10)12/h3-5H2,1-2H3. The summed E-state index contributed by atoms with van der Waals surface area (Å²) in [6.07, 6.45) is 2.75. The van der Waals surface area contributed by atoms with Gasteiger partial charge in [-0.3, -0.25) is 4.79 Å². The van der Waals surface area contributed by atoms with Gasteiger partial charge in [-0.25, -0.2) is 4.98 Å². The summed E-state index contributed by atoms with van der Waals surface area (Å²) in [5, 5.41) is 0.639. The van der Waals surface area contributed by atoms with Crippen molar-refractivity contribution in [1.29, 1.82) is 0 Å². The van der Waals surface area contributed by atoms with Crippen LogP contribution in [0.3, 0.4) is 0 Å². The summed E-state index contributed by atoms with van der Waals surface area (Å²) in [6.45, 7) is 4.07. The number of hydrogen-bond donors (Lipinski definition) is 0. The van der Waals surface area contributed by atoms with Crippen molar-refractivity contribution in [1.82, 2.24) is 4.98 Å². The zero-order chi connectivity index (χ0) is 9.84. The Morgan fingerprint density at radius 3 is 2.62 bits per heavy atom. The molecule has 0 amide bonds. The Morgan fingerprint density at radius 1 is 1.54 bits per heavy atom. The van der Waals surface area contributed by atoms with Gasteiger partial charge in [0.05, 0.1) is 10.7 Å². The molecule has 0 bridgehead atoms. The molecule has 0 spiro atoms. The second-order valence-corrected chi connectivity index (χ2v) is 4.19. The fraction of sp³-hybridized carbons (Fsp3) is 0.556. The summed E-state index contributed by atoms with van der Waals surface area (Å²) in [5.41, 5.74) is 0.841. The van der Waals surface area contributed by atoms with Crippen molar-refractivity contribution < 1.29 is 4.79 Å². The first-order valence-corrected chi connectivity index (χ1v) is 5.56. The van der Waals surface area contributed by atoms with Gasteiger partial charge >= 0.3 is 0 Å². The van der Waals surface area contributed by atoms with Gasteiger partial charge in [0.15, 0.2) is 0 Å². The predicted molar refractivity (Wildman–Crippen MR) is 55.7 cm³/mol. The van der Waals surface area contributed by atoms with Crippen LogP contribution in [0.1, 0.15) is 40.6 Å².